The number of rotatable bonds is 4. The Morgan fingerprint density at radius 2 is 2.05 bits per heavy atom. The standard InChI is InChI=1S/C13H14ClFN4/c14-11-9(16)7-10(17)13(12(11)15)19-6-4-8-3-1-2-5-18-8/h1-3,5,7,19H,4,6,16-17H2. The van der Waals surface area contributed by atoms with Gasteiger partial charge in [-0.05, 0) is 18.2 Å². The Morgan fingerprint density at radius 3 is 2.74 bits per heavy atom. The molecule has 0 radical (unpaired) electrons. The van der Waals surface area contributed by atoms with Crippen molar-refractivity contribution in [1.29, 1.82) is 0 Å². The number of pyridine rings is 1. The zero-order chi connectivity index (χ0) is 13.8. The Morgan fingerprint density at radius 1 is 1.26 bits per heavy atom. The molecule has 0 saturated carbocycles. The number of aromatic nitrogens is 1. The van der Waals surface area contributed by atoms with E-state index in [1.807, 2.05) is 18.2 Å². The first-order valence-electron chi connectivity index (χ1n) is 5.76. The van der Waals surface area contributed by atoms with Crippen molar-refractivity contribution < 1.29 is 4.39 Å². The fraction of sp³-hybridized carbons (Fsp3) is 0.154. The maximum absolute atomic E-state index is 13.9. The van der Waals surface area contributed by atoms with Crippen LogP contribution in [0.1, 0.15) is 5.69 Å². The molecule has 1 aromatic carbocycles. The predicted octanol–water partition coefficient (Wildman–Crippen LogP) is 2.69. The molecule has 0 bridgehead atoms. The number of nitrogens with zero attached hydrogens (tertiary/aromatic N) is 1. The summed E-state index contributed by atoms with van der Waals surface area (Å²) in [6.07, 6.45) is 2.37. The predicted molar refractivity (Wildman–Crippen MR) is 76.7 cm³/mol. The van der Waals surface area contributed by atoms with Gasteiger partial charge in [0, 0.05) is 24.9 Å². The van der Waals surface area contributed by atoms with Crippen molar-refractivity contribution in [3.63, 3.8) is 0 Å². The number of halogens is 2. The summed E-state index contributed by atoms with van der Waals surface area (Å²) in [5, 5.41) is 2.80. The zero-order valence-electron chi connectivity index (χ0n) is 10.2. The highest BCUT2D eigenvalue weighted by Gasteiger charge is 2.13. The first-order valence-corrected chi connectivity index (χ1v) is 6.14. The summed E-state index contributed by atoms with van der Waals surface area (Å²) < 4.78 is 13.9. The summed E-state index contributed by atoms with van der Waals surface area (Å²) >= 11 is 5.74. The number of nitrogen functional groups attached to an aromatic ring is 2. The van der Waals surface area contributed by atoms with Crippen molar-refractivity contribution in [3.05, 3.63) is 47.0 Å². The minimum Gasteiger partial charge on any atom is -0.397 e. The van der Waals surface area contributed by atoms with Crippen LogP contribution in [-0.4, -0.2) is 11.5 Å². The van der Waals surface area contributed by atoms with Gasteiger partial charge in [0.15, 0.2) is 5.82 Å². The third kappa shape index (κ3) is 3.06. The van der Waals surface area contributed by atoms with E-state index in [0.29, 0.717) is 13.0 Å². The van der Waals surface area contributed by atoms with Gasteiger partial charge in [0.1, 0.15) is 5.02 Å². The van der Waals surface area contributed by atoms with Crippen LogP contribution in [0.2, 0.25) is 5.02 Å². The Labute approximate surface area is 115 Å². The van der Waals surface area contributed by atoms with E-state index >= 15 is 0 Å². The van der Waals surface area contributed by atoms with E-state index in [-0.39, 0.29) is 22.1 Å². The zero-order valence-corrected chi connectivity index (χ0v) is 10.9. The second-order valence-electron chi connectivity index (χ2n) is 4.06. The molecule has 6 heteroatoms. The van der Waals surface area contributed by atoms with E-state index in [0.717, 1.165) is 5.69 Å². The highest BCUT2D eigenvalue weighted by Crippen LogP contribution is 2.33. The normalized spacial score (nSPS) is 10.4. The third-order valence-corrected chi connectivity index (χ3v) is 3.06. The molecule has 1 heterocycles. The molecule has 0 aliphatic rings. The second-order valence-corrected chi connectivity index (χ2v) is 4.43. The lowest BCUT2D eigenvalue weighted by atomic mass is 10.2. The van der Waals surface area contributed by atoms with Gasteiger partial charge in [-0.3, -0.25) is 4.98 Å². The van der Waals surface area contributed by atoms with E-state index in [1.54, 1.807) is 6.20 Å². The maximum atomic E-state index is 13.9. The maximum Gasteiger partial charge on any atom is 0.169 e. The highest BCUT2D eigenvalue weighted by molar-refractivity contribution is 6.33. The van der Waals surface area contributed by atoms with Crippen molar-refractivity contribution in [3.8, 4) is 0 Å². The Kier molecular flexibility index (Phi) is 4.06. The molecule has 1 aromatic heterocycles. The lowest BCUT2D eigenvalue weighted by Crippen LogP contribution is -2.10. The SMILES string of the molecule is Nc1cc(N)c(NCCc2ccccn2)c(F)c1Cl. The van der Waals surface area contributed by atoms with Crippen molar-refractivity contribution in [2.75, 3.05) is 23.3 Å². The van der Waals surface area contributed by atoms with Gasteiger partial charge in [0.2, 0.25) is 0 Å². The van der Waals surface area contributed by atoms with Crippen molar-refractivity contribution in [2.45, 2.75) is 6.42 Å². The van der Waals surface area contributed by atoms with E-state index in [2.05, 4.69) is 10.3 Å². The Balaban J connectivity index is 2.06. The molecule has 0 unspecified atom stereocenters. The number of hydrogen-bond donors (Lipinski definition) is 3. The van der Waals surface area contributed by atoms with Crippen molar-refractivity contribution in [1.82, 2.24) is 4.98 Å². The van der Waals surface area contributed by atoms with Crippen molar-refractivity contribution >= 4 is 28.7 Å². The lowest BCUT2D eigenvalue weighted by molar-refractivity contribution is 0.631. The molecule has 2 aromatic rings. The highest BCUT2D eigenvalue weighted by atomic mass is 35.5. The molecule has 0 fully saturated rings. The van der Waals surface area contributed by atoms with Crippen LogP contribution in [0, 0.1) is 5.82 Å². The van der Waals surface area contributed by atoms with Gasteiger partial charge in [-0.1, -0.05) is 17.7 Å². The molecular weight excluding hydrogens is 267 g/mol. The first kappa shape index (κ1) is 13.4. The Bertz CT molecular complexity index is 575. The fourth-order valence-corrected chi connectivity index (χ4v) is 1.86. The van der Waals surface area contributed by atoms with Crippen LogP contribution in [0.4, 0.5) is 21.5 Å². The molecular formula is C13H14ClFN4. The average Bonchev–Trinajstić information content (AvgIpc) is 2.41. The van der Waals surface area contributed by atoms with Crippen LogP contribution in [0.3, 0.4) is 0 Å². The molecule has 0 spiro atoms. The number of nitrogens with two attached hydrogens (primary N) is 2. The summed E-state index contributed by atoms with van der Waals surface area (Å²) in [4.78, 5) is 4.18. The first-order chi connectivity index (χ1) is 9.09. The average molecular weight is 281 g/mol. The van der Waals surface area contributed by atoms with E-state index < -0.39 is 5.82 Å². The van der Waals surface area contributed by atoms with E-state index in [4.69, 9.17) is 23.1 Å². The van der Waals surface area contributed by atoms with Crippen LogP contribution in [0.5, 0.6) is 0 Å². The molecule has 5 N–H and O–H groups in total. The summed E-state index contributed by atoms with van der Waals surface area (Å²) in [6, 6.07) is 7.08. The summed E-state index contributed by atoms with van der Waals surface area (Å²) in [5.41, 5.74) is 12.7. The van der Waals surface area contributed by atoms with Gasteiger partial charge >= 0.3 is 0 Å². The largest absolute Gasteiger partial charge is 0.397 e. The summed E-state index contributed by atoms with van der Waals surface area (Å²) in [6.45, 7) is 0.498. The lowest BCUT2D eigenvalue weighted by Gasteiger charge is -2.12. The van der Waals surface area contributed by atoms with Gasteiger partial charge in [0.05, 0.1) is 17.1 Å². The third-order valence-electron chi connectivity index (χ3n) is 2.67. The van der Waals surface area contributed by atoms with E-state index in [9.17, 15) is 4.39 Å². The molecule has 100 valence electrons. The summed E-state index contributed by atoms with van der Waals surface area (Å²) in [7, 11) is 0. The number of hydrogen-bond acceptors (Lipinski definition) is 4. The second kappa shape index (κ2) is 5.75. The smallest absolute Gasteiger partial charge is 0.169 e. The van der Waals surface area contributed by atoms with Gasteiger partial charge in [0.25, 0.3) is 0 Å². The minimum absolute atomic E-state index is 0.116. The quantitative estimate of drug-likeness (QED) is 0.753. The van der Waals surface area contributed by atoms with Crippen LogP contribution in [0.25, 0.3) is 0 Å². The number of nitrogens with one attached hydrogen (secondary N) is 1. The molecule has 0 aliphatic carbocycles. The van der Waals surface area contributed by atoms with Crippen LogP contribution >= 0.6 is 11.6 Å². The Hall–Kier alpha value is -2.01. The molecule has 0 amide bonds. The molecule has 0 atom stereocenters. The van der Waals surface area contributed by atoms with Gasteiger partial charge in [-0.15, -0.1) is 0 Å². The van der Waals surface area contributed by atoms with Crippen LogP contribution in [0.15, 0.2) is 30.5 Å². The van der Waals surface area contributed by atoms with Gasteiger partial charge in [-0.25, -0.2) is 4.39 Å². The van der Waals surface area contributed by atoms with Crippen molar-refractivity contribution in [2.24, 2.45) is 0 Å². The topological polar surface area (TPSA) is 77.0 Å². The van der Waals surface area contributed by atoms with Gasteiger partial charge < -0.3 is 16.8 Å². The van der Waals surface area contributed by atoms with E-state index in [1.165, 1.54) is 6.07 Å². The monoisotopic (exact) mass is 280 g/mol. The fourth-order valence-electron chi connectivity index (χ4n) is 1.71. The minimum atomic E-state index is -0.625. The summed E-state index contributed by atoms with van der Waals surface area (Å²) in [5.74, 6) is -0.625. The molecule has 2 rings (SSSR count). The van der Waals surface area contributed by atoms with Gasteiger partial charge in [-0.2, -0.15) is 0 Å². The van der Waals surface area contributed by atoms with Crippen LogP contribution < -0.4 is 16.8 Å². The molecule has 0 saturated heterocycles. The molecule has 4 nitrogen and oxygen atoms in total. The molecule has 19 heavy (non-hydrogen) atoms. The number of benzene rings is 1. The number of anilines is 3. The van der Waals surface area contributed by atoms with Crippen LogP contribution in [-0.2, 0) is 6.42 Å². The molecule has 0 aliphatic heterocycles.